The molecule has 1 unspecified atom stereocenters. The lowest BCUT2D eigenvalue weighted by atomic mass is 10.0. The molecule has 1 atom stereocenters. The summed E-state index contributed by atoms with van der Waals surface area (Å²) in [5.74, 6) is -0.885. The number of esters is 3. The quantitative estimate of drug-likeness (QED) is 0.0261. The average molecular weight is 1130 g/mol. The second-order valence-corrected chi connectivity index (χ2v) is 22.7. The van der Waals surface area contributed by atoms with E-state index >= 15 is 0 Å². The van der Waals surface area contributed by atoms with E-state index in [0.717, 1.165) is 109 Å². The maximum atomic E-state index is 12.9. The average Bonchev–Trinajstić information content (AvgIpc) is 3.47. The van der Waals surface area contributed by atoms with Crippen LogP contribution in [0.4, 0.5) is 0 Å². The Labute approximate surface area is 501 Å². The van der Waals surface area contributed by atoms with E-state index in [2.05, 4.69) is 130 Å². The summed E-state index contributed by atoms with van der Waals surface area (Å²) in [6.07, 6.45) is 94.0. The normalized spacial score (nSPS) is 12.8. The molecule has 81 heavy (non-hydrogen) atoms. The SMILES string of the molecule is CC/C=C\C/C=C\C/C=C\C/C=C\C/C=C\C/C=C\CCCCCCCCCCCCCCCCC(=O)OCC(COC(=O)CCCCCCC/C=C\CCCC)OC(=O)CCCCCCCCCCC/C=C\C/C=C\CCCCC. The van der Waals surface area contributed by atoms with Crippen molar-refractivity contribution in [3.8, 4) is 0 Å². The number of hydrogen-bond donors (Lipinski definition) is 0. The molecule has 0 aliphatic carbocycles. The van der Waals surface area contributed by atoms with Crippen LogP contribution in [0.1, 0.15) is 329 Å². The Hall–Kier alpha value is -3.93. The molecule has 6 nitrogen and oxygen atoms in total. The first-order valence-corrected chi connectivity index (χ1v) is 34.4. The molecule has 0 aromatic heterocycles. The Morgan fingerprint density at radius 2 is 0.494 bits per heavy atom. The van der Waals surface area contributed by atoms with E-state index in [1.54, 1.807) is 0 Å². The molecule has 0 N–H and O–H groups in total. The van der Waals surface area contributed by atoms with Crippen molar-refractivity contribution in [2.24, 2.45) is 0 Å². The third-order valence-corrected chi connectivity index (χ3v) is 14.7. The van der Waals surface area contributed by atoms with Crippen LogP contribution in [0.2, 0.25) is 0 Å². The summed E-state index contributed by atoms with van der Waals surface area (Å²) in [7, 11) is 0. The number of carbonyl (C=O) groups is 3. The number of allylic oxidation sites excluding steroid dienone is 18. The molecule has 0 radical (unpaired) electrons. The third kappa shape index (κ3) is 66.8. The number of carbonyl (C=O) groups excluding carboxylic acids is 3. The highest BCUT2D eigenvalue weighted by atomic mass is 16.6. The minimum atomic E-state index is -0.784. The van der Waals surface area contributed by atoms with Crippen molar-refractivity contribution in [3.63, 3.8) is 0 Å². The maximum Gasteiger partial charge on any atom is 0.306 e. The number of rotatable bonds is 62. The van der Waals surface area contributed by atoms with E-state index in [4.69, 9.17) is 14.2 Å². The van der Waals surface area contributed by atoms with Crippen molar-refractivity contribution >= 4 is 17.9 Å². The van der Waals surface area contributed by atoms with Crippen LogP contribution in [0.15, 0.2) is 109 Å². The van der Waals surface area contributed by atoms with Gasteiger partial charge in [-0.05, 0) is 122 Å². The Kier molecular flexibility index (Phi) is 65.2. The zero-order valence-electron chi connectivity index (χ0n) is 53.3. The summed E-state index contributed by atoms with van der Waals surface area (Å²) in [4.78, 5) is 38.3. The first-order valence-electron chi connectivity index (χ1n) is 34.4. The topological polar surface area (TPSA) is 78.9 Å². The molecule has 6 heteroatoms. The van der Waals surface area contributed by atoms with Gasteiger partial charge in [-0.3, -0.25) is 14.4 Å². The molecule has 0 rings (SSSR count). The highest BCUT2D eigenvalue weighted by Crippen LogP contribution is 2.17. The summed E-state index contributed by atoms with van der Waals surface area (Å²) in [5, 5.41) is 0. The van der Waals surface area contributed by atoms with Crippen LogP contribution >= 0.6 is 0 Å². The maximum absolute atomic E-state index is 12.9. The first-order chi connectivity index (χ1) is 40.0. The predicted octanol–water partition coefficient (Wildman–Crippen LogP) is 23.8. The van der Waals surface area contributed by atoms with Crippen molar-refractivity contribution in [2.45, 2.75) is 335 Å². The van der Waals surface area contributed by atoms with Gasteiger partial charge in [0.15, 0.2) is 6.10 Å². The molecule has 0 saturated heterocycles. The van der Waals surface area contributed by atoms with Gasteiger partial charge >= 0.3 is 17.9 Å². The van der Waals surface area contributed by atoms with Crippen LogP contribution in [-0.2, 0) is 28.6 Å². The third-order valence-electron chi connectivity index (χ3n) is 14.7. The Morgan fingerprint density at radius 1 is 0.259 bits per heavy atom. The fourth-order valence-electron chi connectivity index (χ4n) is 9.58. The lowest BCUT2D eigenvalue weighted by molar-refractivity contribution is -0.167. The van der Waals surface area contributed by atoms with Crippen LogP contribution in [0.25, 0.3) is 0 Å². The van der Waals surface area contributed by atoms with E-state index in [0.29, 0.717) is 19.3 Å². The summed E-state index contributed by atoms with van der Waals surface area (Å²) in [5.41, 5.74) is 0. The number of unbranched alkanes of at least 4 members (excludes halogenated alkanes) is 33. The highest BCUT2D eigenvalue weighted by Gasteiger charge is 2.19. The molecular weight excluding hydrogens is 997 g/mol. The molecule has 0 saturated carbocycles. The monoisotopic (exact) mass is 1120 g/mol. The minimum absolute atomic E-state index is 0.0807. The summed E-state index contributed by atoms with van der Waals surface area (Å²) >= 11 is 0. The van der Waals surface area contributed by atoms with Crippen LogP contribution in [0, 0.1) is 0 Å². The number of ether oxygens (including phenoxy) is 3. The Balaban J connectivity index is 4.18. The molecule has 0 heterocycles. The summed E-state index contributed by atoms with van der Waals surface area (Å²) < 4.78 is 16.9. The van der Waals surface area contributed by atoms with Gasteiger partial charge in [0.1, 0.15) is 13.2 Å². The molecule has 0 aromatic rings. The second-order valence-electron chi connectivity index (χ2n) is 22.7. The van der Waals surface area contributed by atoms with E-state index in [1.165, 1.54) is 180 Å². The van der Waals surface area contributed by atoms with Gasteiger partial charge in [-0.1, -0.05) is 297 Å². The van der Waals surface area contributed by atoms with E-state index < -0.39 is 6.10 Å². The molecule has 0 bridgehead atoms. The first kappa shape index (κ1) is 77.1. The van der Waals surface area contributed by atoms with Crippen molar-refractivity contribution in [3.05, 3.63) is 109 Å². The smallest absolute Gasteiger partial charge is 0.306 e. The van der Waals surface area contributed by atoms with Crippen LogP contribution in [-0.4, -0.2) is 37.2 Å². The standard InChI is InChI=1S/C75H128O6/c1-4-7-10-13-16-19-22-24-26-28-30-31-32-33-34-35-36-37-38-39-40-41-42-43-45-46-48-50-53-56-59-62-65-68-74(77)80-71-72(70-79-73(76)67-64-61-58-55-52-21-18-15-12-9-6-3)81-75(78)69-66-63-60-57-54-51-49-47-44-29-27-25-23-20-17-14-11-8-5-2/h7,10,15-20,24-27,30-31,33-34,36-37,72H,4-6,8-9,11-14,21-23,28-29,32,35,38-71H2,1-3H3/b10-7-,18-15-,19-16-,20-17-,26-24-,27-25-,31-30-,34-33-,37-36-. The molecular formula is C75H128O6. The molecule has 464 valence electrons. The molecule has 0 aliphatic heterocycles. The molecule has 0 spiro atoms. The van der Waals surface area contributed by atoms with Crippen molar-refractivity contribution in [1.82, 2.24) is 0 Å². The van der Waals surface area contributed by atoms with Crippen LogP contribution < -0.4 is 0 Å². The van der Waals surface area contributed by atoms with E-state index in [9.17, 15) is 14.4 Å². The van der Waals surface area contributed by atoms with Gasteiger partial charge in [0.2, 0.25) is 0 Å². The molecule has 0 fully saturated rings. The summed E-state index contributed by atoms with van der Waals surface area (Å²) in [6, 6.07) is 0. The van der Waals surface area contributed by atoms with Gasteiger partial charge in [-0.25, -0.2) is 0 Å². The Morgan fingerprint density at radius 3 is 0.802 bits per heavy atom. The Bertz CT molecular complexity index is 1620. The second kappa shape index (κ2) is 68.6. The van der Waals surface area contributed by atoms with Crippen LogP contribution in [0.3, 0.4) is 0 Å². The summed E-state index contributed by atoms with van der Waals surface area (Å²) in [6.45, 7) is 6.48. The molecule has 0 aliphatic rings. The molecule has 0 amide bonds. The van der Waals surface area contributed by atoms with Gasteiger partial charge < -0.3 is 14.2 Å². The lowest BCUT2D eigenvalue weighted by Crippen LogP contribution is -2.30. The highest BCUT2D eigenvalue weighted by molar-refractivity contribution is 5.71. The van der Waals surface area contributed by atoms with Gasteiger partial charge in [0.05, 0.1) is 0 Å². The van der Waals surface area contributed by atoms with Crippen molar-refractivity contribution in [1.29, 1.82) is 0 Å². The fourth-order valence-corrected chi connectivity index (χ4v) is 9.58. The van der Waals surface area contributed by atoms with Gasteiger partial charge in [0.25, 0.3) is 0 Å². The molecule has 0 aromatic carbocycles. The van der Waals surface area contributed by atoms with E-state index in [-0.39, 0.29) is 31.1 Å². The zero-order valence-corrected chi connectivity index (χ0v) is 53.3. The number of hydrogen-bond acceptors (Lipinski definition) is 6. The van der Waals surface area contributed by atoms with Gasteiger partial charge in [-0.15, -0.1) is 0 Å². The predicted molar refractivity (Wildman–Crippen MR) is 353 cm³/mol. The van der Waals surface area contributed by atoms with Crippen molar-refractivity contribution < 1.29 is 28.6 Å². The lowest BCUT2D eigenvalue weighted by Gasteiger charge is -2.18. The zero-order chi connectivity index (χ0) is 58.5. The van der Waals surface area contributed by atoms with Crippen LogP contribution in [0.5, 0.6) is 0 Å². The minimum Gasteiger partial charge on any atom is -0.462 e. The largest absolute Gasteiger partial charge is 0.462 e. The van der Waals surface area contributed by atoms with Crippen molar-refractivity contribution in [2.75, 3.05) is 13.2 Å². The van der Waals surface area contributed by atoms with Gasteiger partial charge in [-0.2, -0.15) is 0 Å². The van der Waals surface area contributed by atoms with Gasteiger partial charge in [0, 0.05) is 19.3 Å². The fraction of sp³-hybridized carbons (Fsp3) is 0.720. The van der Waals surface area contributed by atoms with E-state index in [1.807, 2.05) is 0 Å².